The van der Waals surface area contributed by atoms with Gasteiger partial charge in [0.15, 0.2) is 11.5 Å². The van der Waals surface area contributed by atoms with Crippen LogP contribution in [0, 0.1) is 5.41 Å². The van der Waals surface area contributed by atoms with Crippen molar-refractivity contribution >= 4 is 11.5 Å². The lowest BCUT2D eigenvalue weighted by Gasteiger charge is -2.27. The Kier molecular flexibility index (Phi) is 4.08. The molecule has 0 aliphatic heterocycles. The first kappa shape index (κ1) is 16.2. The maximum atomic E-state index is 12.8. The van der Waals surface area contributed by atoms with Gasteiger partial charge in [-0.25, -0.2) is 0 Å². The van der Waals surface area contributed by atoms with Crippen molar-refractivity contribution in [3.63, 3.8) is 0 Å². The molecule has 0 amide bonds. The number of Topliss-reactive ketones (excluding diaryl/α,β-unsaturated/α-hetero) is 1. The zero-order valence-corrected chi connectivity index (χ0v) is 12.1. The van der Waals surface area contributed by atoms with E-state index < -0.39 is 28.6 Å². The van der Waals surface area contributed by atoms with Crippen molar-refractivity contribution in [2.45, 2.75) is 32.9 Å². The van der Waals surface area contributed by atoms with Crippen molar-refractivity contribution in [1.82, 2.24) is 0 Å². The number of hydrogen-bond acceptors (Lipinski definition) is 4. The van der Waals surface area contributed by atoms with E-state index in [9.17, 15) is 23.1 Å². The van der Waals surface area contributed by atoms with E-state index in [4.69, 9.17) is 0 Å². The van der Waals surface area contributed by atoms with Crippen LogP contribution in [0.3, 0.4) is 0 Å². The Hall–Kier alpha value is -2.18. The molecule has 0 aromatic heterocycles. The summed E-state index contributed by atoms with van der Waals surface area (Å²) < 4.78 is 38.5. The van der Waals surface area contributed by atoms with Crippen molar-refractivity contribution < 1.29 is 23.1 Å². The molecule has 1 aromatic rings. The largest absolute Gasteiger partial charge is 0.510 e. The topological polar surface area (TPSA) is 62.0 Å². The molecular formula is C15H15F3N2O2. The molecule has 7 heteroatoms. The van der Waals surface area contributed by atoms with E-state index in [1.807, 2.05) is 13.8 Å². The molecule has 0 unspecified atom stereocenters. The molecule has 0 heterocycles. The Morgan fingerprint density at radius 1 is 1.14 bits per heavy atom. The third-order valence-corrected chi connectivity index (χ3v) is 3.29. The fourth-order valence-electron chi connectivity index (χ4n) is 2.30. The second-order valence-electron chi connectivity index (χ2n) is 5.95. The number of carbonyl (C=O) groups is 1. The van der Waals surface area contributed by atoms with Crippen molar-refractivity contribution in [1.29, 1.82) is 0 Å². The predicted octanol–water partition coefficient (Wildman–Crippen LogP) is 4.95. The number of allylic oxidation sites excluding steroid dienone is 2. The molecule has 0 fully saturated rings. The molecule has 0 radical (unpaired) electrons. The van der Waals surface area contributed by atoms with Crippen LogP contribution in [0.2, 0.25) is 0 Å². The number of nitrogens with zero attached hydrogens (tertiary/aromatic N) is 2. The molecule has 1 aromatic carbocycles. The number of aliphatic hydroxyl groups is 1. The van der Waals surface area contributed by atoms with Gasteiger partial charge in [-0.1, -0.05) is 26.0 Å². The van der Waals surface area contributed by atoms with Crippen molar-refractivity contribution in [2.24, 2.45) is 15.6 Å². The Bertz CT molecular complexity index is 661. The summed E-state index contributed by atoms with van der Waals surface area (Å²) in [5.41, 5.74) is -2.00. The van der Waals surface area contributed by atoms with Crippen LogP contribution in [0.4, 0.5) is 18.9 Å². The summed E-state index contributed by atoms with van der Waals surface area (Å²) in [6.45, 7) is 3.63. The molecule has 0 atom stereocenters. The highest BCUT2D eigenvalue weighted by atomic mass is 19.4. The van der Waals surface area contributed by atoms with Crippen LogP contribution >= 0.6 is 0 Å². The van der Waals surface area contributed by atoms with Crippen LogP contribution in [0.1, 0.15) is 32.3 Å². The third-order valence-electron chi connectivity index (χ3n) is 3.29. The lowest BCUT2D eigenvalue weighted by Crippen LogP contribution is -2.25. The van der Waals surface area contributed by atoms with E-state index >= 15 is 0 Å². The predicted molar refractivity (Wildman–Crippen MR) is 73.6 cm³/mol. The van der Waals surface area contributed by atoms with E-state index in [2.05, 4.69) is 10.2 Å². The molecule has 118 valence electrons. The van der Waals surface area contributed by atoms with Crippen LogP contribution in [0.15, 0.2) is 46.0 Å². The van der Waals surface area contributed by atoms with Gasteiger partial charge in [0.25, 0.3) is 0 Å². The maximum absolute atomic E-state index is 12.8. The number of carbonyl (C=O) groups excluding carboxylic acids is 1. The highest BCUT2D eigenvalue weighted by Gasteiger charge is 2.35. The molecule has 22 heavy (non-hydrogen) atoms. The second kappa shape index (κ2) is 5.55. The van der Waals surface area contributed by atoms with Gasteiger partial charge in [-0.2, -0.15) is 13.2 Å². The number of hydrogen-bond donors (Lipinski definition) is 1. The van der Waals surface area contributed by atoms with Gasteiger partial charge in [-0.15, -0.1) is 10.2 Å². The molecule has 0 saturated heterocycles. The van der Waals surface area contributed by atoms with Crippen LogP contribution in [0.5, 0.6) is 0 Å². The van der Waals surface area contributed by atoms with Gasteiger partial charge in [0, 0.05) is 12.8 Å². The van der Waals surface area contributed by atoms with Gasteiger partial charge in [0.05, 0.1) is 11.3 Å². The monoisotopic (exact) mass is 312 g/mol. The van der Waals surface area contributed by atoms with Crippen molar-refractivity contribution in [3.8, 4) is 0 Å². The average Bonchev–Trinajstić information content (AvgIpc) is 2.35. The second-order valence-corrected chi connectivity index (χ2v) is 5.95. The fraction of sp³-hybridized carbons (Fsp3) is 0.400. The smallest absolute Gasteiger partial charge is 0.418 e. The molecule has 0 spiro atoms. The van der Waals surface area contributed by atoms with Gasteiger partial charge in [-0.3, -0.25) is 4.79 Å². The van der Waals surface area contributed by atoms with Gasteiger partial charge in [-0.05, 0) is 17.5 Å². The van der Waals surface area contributed by atoms with E-state index in [-0.39, 0.29) is 24.3 Å². The lowest BCUT2D eigenvalue weighted by atomic mass is 9.78. The quantitative estimate of drug-likeness (QED) is 0.785. The minimum Gasteiger partial charge on any atom is -0.510 e. The molecule has 0 saturated carbocycles. The third kappa shape index (κ3) is 3.52. The summed E-state index contributed by atoms with van der Waals surface area (Å²) in [4.78, 5) is 11.9. The summed E-state index contributed by atoms with van der Waals surface area (Å²) in [6, 6.07) is 4.67. The summed E-state index contributed by atoms with van der Waals surface area (Å²) in [5, 5.41) is 16.9. The SMILES string of the molecule is CC1(C)CC(=O)C(N=Nc2ccccc2C(F)(F)F)=C(O)C1. The van der Waals surface area contributed by atoms with Gasteiger partial charge in [0.1, 0.15) is 5.76 Å². The van der Waals surface area contributed by atoms with Gasteiger partial charge in [0.2, 0.25) is 0 Å². The number of benzene rings is 1. The standard InChI is InChI=1S/C15H15F3N2O2/c1-14(2)7-11(21)13(12(22)8-14)20-19-10-6-4-3-5-9(10)15(16,17)18/h3-6,21H,7-8H2,1-2H3. The zero-order valence-electron chi connectivity index (χ0n) is 12.1. The number of rotatable bonds is 2. The fourth-order valence-corrected chi connectivity index (χ4v) is 2.30. The minimum atomic E-state index is -4.56. The molecule has 1 N–H and O–H groups in total. The molecule has 4 nitrogen and oxygen atoms in total. The summed E-state index contributed by atoms with van der Waals surface area (Å²) in [7, 11) is 0. The Morgan fingerprint density at radius 2 is 1.77 bits per heavy atom. The minimum absolute atomic E-state index is 0.159. The van der Waals surface area contributed by atoms with E-state index in [1.54, 1.807) is 0 Å². The normalized spacial score (nSPS) is 19.0. The molecular weight excluding hydrogens is 297 g/mol. The van der Waals surface area contributed by atoms with Crippen LogP contribution in [0.25, 0.3) is 0 Å². The Balaban J connectivity index is 2.36. The van der Waals surface area contributed by atoms with Crippen LogP contribution in [-0.2, 0) is 11.0 Å². The first-order valence-electron chi connectivity index (χ1n) is 6.63. The lowest BCUT2D eigenvalue weighted by molar-refractivity contribution is -0.137. The summed E-state index contributed by atoms with van der Waals surface area (Å²) >= 11 is 0. The van der Waals surface area contributed by atoms with E-state index in [0.29, 0.717) is 0 Å². The Morgan fingerprint density at radius 3 is 2.36 bits per heavy atom. The number of azo groups is 1. The zero-order chi connectivity index (χ0) is 16.5. The first-order valence-corrected chi connectivity index (χ1v) is 6.63. The number of alkyl halides is 3. The molecule has 2 rings (SSSR count). The first-order chi connectivity index (χ1) is 10.1. The number of aliphatic hydroxyl groups excluding tert-OH is 1. The maximum Gasteiger partial charge on any atom is 0.418 e. The van der Waals surface area contributed by atoms with Gasteiger partial charge >= 0.3 is 6.18 Å². The molecule has 1 aliphatic rings. The number of ketones is 1. The summed E-state index contributed by atoms with van der Waals surface area (Å²) in [5.74, 6) is -0.670. The van der Waals surface area contributed by atoms with Crippen LogP contribution in [-0.4, -0.2) is 10.9 Å². The average molecular weight is 312 g/mol. The molecule has 1 aliphatic carbocycles. The summed E-state index contributed by atoms with van der Waals surface area (Å²) in [6.07, 6.45) is -4.18. The van der Waals surface area contributed by atoms with E-state index in [1.165, 1.54) is 12.1 Å². The highest BCUT2D eigenvalue weighted by Crippen LogP contribution is 2.38. The highest BCUT2D eigenvalue weighted by molar-refractivity contribution is 5.96. The number of halogens is 3. The van der Waals surface area contributed by atoms with E-state index in [0.717, 1.165) is 12.1 Å². The van der Waals surface area contributed by atoms with Crippen molar-refractivity contribution in [3.05, 3.63) is 41.3 Å². The molecule has 0 bridgehead atoms. The van der Waals surface area contributed by atoms with Crippen molar-refractivity contribution in [2.75, 3.05) is 0 Å². The van der Waals surface area contributed by atoms with Crippen LogP contribution < -0.4 is 0 Å². The Labute approximate surface area is 125 Å². The van der Waals surface area contributed by atoms with Gasteiger partial charge < -0.3 is 5.11 Å².